The molecular formula is C15H20N2O3. The van der Waals surface area contributed by atoms with Crippen LogP contribution in [0.25, 0.3) is 0 Å². The van der Waals surface area contributed by atoms with Gasteiger partial charge in [0.05, 0.1) is 0 Å². The summed E-state index contributed by atoms with van der Waals surface area (Å²) in [5.41, 5.74) is 1.73. The molecule has 0 radical (unpaired) electrons. The third-order valence-electron chi connectivity index (χ3n) is 3.58. The van der Waals surface area contributed by atoms with Gasteiger partial charge in [-0.2, -0.15) is 0 Å². The summed E-state index contributed by atoms with van der Waals surface area (Å²) in [6, 6.07) is 6.25. The third-order valence-corrected chi connectivity index (χ3v) is 3.58. The number of hydrogen-bond donors (Lipinski definition) is 2. The summed E-state index contributed by atoms with van der Waals surface area (Å²) < 4.78 is 0. The van der Waals surface area contributed by atoms with Gasteiger partial charge in [-0.25, -0.2) is 9.59 Å². The Bertz CT molecular complexity index is 502. The number of benzene rings is 1. The van der Waals surface area contributed by atoms with Gasteiger partial charge in [0.1, 0.15) is 0 Å². The van der Waals surface area contributed by atoms with Gasteiger partial charge in [0, 0.05) is 13.1 Å². The van der Waals surface area contributed by atoms with E-state index in [1.807, 2.05) is 25.1 Å². The molecule has 0 spiro atoms. The van der Waals surface area contributed by atoms with Crippen molar-refractivity contribution in [2.24, 2.45) is 0 Å². The summed E-state index contributed by atoms with van der Waals surface area (Å²) in [6.45, 7) is 3.06. The van der Waals surface area contributed by atoms with Crippen LogP contribution >= 0.6 is 0 Å². The van der Waals surface area contributed by atoms with Crippen LogP contribution in [0.4, 0.5) is 4.79 Å². The van der Waals surface area contributed by atoms with Crippen molar-refractivity contribution in [1.29, 1.82) is 0 Å². The molecule has 0 bridgehead atoms. The molecule has 1 aromatic carbocycles. The molecule has 0 aliphatic carbocycles. The number of urea groups is 1. The largest absolute Gasteiger partial charge is 0.479 e. The van der Waals surface area contributed by atoms with Gasteiger partial charge >= 0.3 is 12.0 Å². The van der Waals surface area contributed by atoms with Gasteiger partial charge in [0.2, 0.25) is 0 Å². The molecule has 2 amide bonds. The molecular weight excluding hydrogens is 256 g/mol. The summed E-state index contributed by atoms with van der Waals surface area (Å²) in [6.07, 6.45) is 2.58. The second kappa shape index (κ2) is 6.41. The van der Waals surface area contributed by atoms with Crippen molar-refractivity contribution in [2.75, 3.05) is 13.1 Å². The van der Waals surface area contributed by atoms with Crippen LogP contribution in [0, 0.1) is 0 Å². The summed E-state index contributed by atoms with van der Waals surface area (Å²) in [4.78, 5) is 25.1. The van der Waals surface area contributed by atoms with Crippen LogP contribution in [0.2, 0.25) is 0 Å². The molecule has 1 aromatic rings. The number of carboxylic acid groups (broad SMARTS) is 1. The van der Waals surface area contributed by atoms with E-state index in [1.54, 1.807) is 6.07 Å². The third kappa shape index (κ3) is 2.92. The lowest BCUT2D eigenvalue weighted by molar-refractivity contribution is -0.142. The summed E-state index contributed by atoms with van der Waals surface area (Å²) in [7, 11) is 0. The maximum atomic E-state index is 12.1. The average Bonchev–Trinajstić information content (AvgIpc) is 2.45. The molecule has 108 valence electrons. The van der Waals surface area contributed by atoms with Crippen molar-refractivity contribution < 1.29 is 14.7 Å². The Morgan fingerprint density at radius 3 is 2.85 bits per heavy atom. The number of unbranched alkanes of at least 4 members (excludes halogenated alkanes) is 1. The Kier molecular flexibility index (Phi) is 4.61. The smallest absolute Gasteiger partial charge is 0.331 e. The first kappa shape index (κ1) is 14.4. The van der Waals surface area contributed by atoms with E-state index in [9.17, 15) is 14.7 Å². The maximum Gasteiger partial charge on any atom is 0.331 e. The van der Waals surface area contributed by atoms with Crippen LogP contribution in [0.5, 0.6) is 0 Å². The van der Waals surface area contributed by atoms with Crippen LogP contribution < -0.4 is 5.32 Å². The molecule has 0 saturated heterocycles. The van der Waals surface area contributed by atoms with Crippen LogP contribution in [0.1, 0.15) is 36.9 Å². The van der Waals surface area contributed by atoms with Crippen molar-refractivity contribution in [3.63, 3.8) is 0 Å². The fourth-order valence-electron chi connectivity index (χ4n) is 2.53. The van der Waals surface area contributed by atoms with Crippen molar-refractivity contribution >= 4 is 12.0 Å². The van der Waals surface area contributed by atoms with Gasteiger partial charge in [-0.3, -0.25) is 0 Å². The predicted molar refractivity (Wildman–Crippen MR) is 75.5 cm³/mol. The topological polar surface area (TPSA) is 69.6 Å². The summed E-state index contributed by atoms with van der Waals surface area (Å²) >= 11 is 0. The summed E-state index contributed by atoms with van der Waals surface area (Å²) in [5.74, 6) is -0.984. The predicted octanol–water partition coefficient (Wildman–Crippen LogP) is 2.18. The molecule has 2 rings (SSSR count). The summed E-state index contributed by atoms with van der Waals surface area (Å²) in [5, 5.41) is 12.2. The normalized spacial score (nSPS) is 17.4. The number of fused-ring (bicyclic) bond motifs is 1. The standard InChI is InChI=1S/C15H20N2O3/c1-2-3-9-16-15(20)17-10-8-11-6-4-5-7-12(11)13(17)14(18)19/h4-7,13H,2-3,8-10H2,1H3,(H,16,20)(H,18,19). The Hall–Kier alpha value is -2.04. The molecule has 0 fully saturated rings. The lowest BCUT2D eigenvalue weighted by Gasteiger charge is -2.34. The van der Waals surface area contributed by atoms with E-state index < -0.39 is 12.0 Å². The number of nitrogens with one attached hydrogen (secondary N) is 1. The molecule has 1 heterocycles. The Morgan fingerprint density at radius 1 is 1.40 bits per heavy atom. The average molecular weight is 276 g/mol. The minimum absolute atomic E-state index is 0.291. The SMILES string of the molecule is CCCCNC(=O)N1CCc2ccccc2C1C(=O)O. The van der Waals surface area contributed by atoms with Crippen molar-refractivity contribution in [3.05, 3.63) is 35.4 Å². The number of hydrogen-bond acceptors (Lipinski definition) is 2. The van der Waals surface area contributed by atoms with Crippen LogP contribution in [-0.2, 0) is 11.2 Å². The monoisotopic (exact) mass is 276 g/mol. The quantitative estimate of drug-likeness (QED) is 0.828. The number of carbonyl (C=O) groups excluding carboxylic acids is 1. The van der Waals surface area contributed by atoms with E-state index in [-0.39, 0.29) is 6.03 Å². The van der Waals surface area contributed by atoms with Crippen LogP contribution in [-0.4, -0.2) is 35.1 Å². The zero-order chi connectivity index (χ0) is 14.5. The highest BCUT2D eigenvalue weighted by atomic mass is 16.4. The number of rotatable bonds is 4. The molecule has 5 nitrogen and oxygen atoms in total. The van der Waals surface area contributed by atoms with Gasteiger partial charge < -0.3 is 15.3 Å². The molecule has 1 atom stereocenters. The van der Waals surface area contributed by atoms with E-state index in [0.29, 0.717) is 19.5 Å². The molecule has 0 aromatic heterocycles. The van der Waals surface area contributed by atoms with Crippen molar-refractivity contribution in [1.82, 2.24) is 10.2 Å². The minimum atomic E-state index is -0.984. The van der Waals surface area contributed by atoms with E-state index in [0.717, 1.165) is 24.0 Å². The highest BCUT2D eigenvalue weighted by Gasteiger charge is 2.35. The lowest BCUT2D eigenvalue weighted by atomic mass is 9.93. The highest BCUT2D eigenvalue weighted by molar-refractivity contribution is 5.84. The van der Waals surface area contributed by atoms with E-state index in [2.05, 4.69) is 5.32 Å². The molecule has 5 heteroatoms. The second-order valence-corrected chi connectivity index (χ2v) is 4.97. The zero-order valence-corrected chi connectivity index (χ0v) is 11.6. The van der Waals surface area contributed by atoms with Crippen LogP contribution in [0.3, 0.4) is 0 Å². The molecule has 0 saturated carbocycles. The number of nitrogens with zero attached hydrogens (tertiary/aromatic N) is 1. The van der Waals surface area contributed by atoms with Gasteiger partial charge in [0.25, 0.3) is 0 Å². The first-order chi connectivity index (χ1) is 9.65. The fourth-order valence-corrected chi connectivity index (χ4v) is 2.53. The molecule has 2 N–H and O–H groups in total. The Labute approximate surface area is 118 Å². The molecule has 1 aliphatic heterocycles. The first-order valence-electron chi connectivity index (χ1n) is 7.00. The number of aliphatic carboxylic acids is 1. The number of carboxylic acids is 1. The minimum Gasteiger partial charge on any atom is -0.479 e. The number of amides is 2. The van der Waals surface area contributed by atoms with Crippen LogP contribution in [0.15, 0.2) is 24.3 Å². The molecule has 1 unspecified atom stereocenters. The highest BCUT2D eigenvalue weighted by Crippen LogP contribution is 2.29. The maximum absolute atomic E-state index is 12.1. The van der Waals surface area contributed by atoms with Gasteiger partial charge in [-0.05, 0) is 24.0 Å². The number of carbonyl (C=O) groups is 2. The lowest BCUT2D eigenvalue weighted by Crippen LogP contribution is -2.48. The van der Waals surface area contributed by atoms with E-state index in [1.165, 1.54) is 4.90 Å². The second-order valence-electron chi connectivity index (χ2n) is 4.97. The molecule has 1 aliphatic rings. The Balaban J connectivity index is 2.18. The van der Waals surface area contributed by atoms with Gasteiger partial charge in [0.15, 0.2) is 6.04 Å². The fraction of sp³-hybridized carbons (Fsp3) is 0.467. The van der Waals surface area contributed by atoms with E-state index >= 15 is 0 Å². The van der Waals surface area contributed by atoms with Crippen molar-refractivity contribution in [2.45, 2.75) is 32.2 Å². The Morgan fingerprint density at radius 2 is 2.15 bits per heavy atom. The van der Waals surface area contributed by atoms with Crippen molar-refractivity contribution in [3.8, 4) is 0 Å². The van der Waals surface area contributed by atoms with Gasteiger partial charge in [-0.1, -0.05) is 37.6 Å². The van der Waals surface area contributed by atoms with E-state index in [4.69, 9.17) is 0 Å². The first-order valence-corrected chi connectivity index (χ1v) is 7.00. The zero-order valence-electron chi connectivity index (χ0n) is 11.6. The van der Waals surface area contributed by atoms with Gasteiger partial charge in [-0.15, -0.1) is 0 Å². The molecule has 20 heavy (non-hydrogen) atoms.